The first kappa shape index (κ1) is 24.4. The second kappa shape index (κ2) is 9.96. The van der Waals surface area contributed by atoms with Crippen LogP contribution in [0.1, 0.15) is 37.2 Å². The van der Waals surface area contributed by atoms with E-state index in [0.717, 1.165) is 46.4 Å². The van der Waals surface area contributed by atoms with E-state index in [-0.39, 0.29) is 24.2 Å². The van der Waals surface area contributed by atoms with Crippen LogP contribution < -0.4 is 10.6 Å². The first-order valence-corrected chi connectivity index (χ1v) is 14.0. The number of anilines is 1. The average molecular weight is 507 g/mol. The summed E-state index contributed by atoms with van der Waals surface area (Å²) in [6, 6.07) is 15.3. The molecule has 36 heavy (non-hydrogen) atoms. The fourth-order valence-electron chi connectivity index (χ4n) is 4.60. The second-order valence-corrected chi connectivity index (χ2v) is 11.4. The van der Waals surface area contributed by atoms with Gasteiger partial charge in [-0.15, -0.1) is 0 Å². The van der Waals surface area contributed by atoms with Gasteiger partial charge in [0.05, 0.1) is 46.9 Å². The fourth-order valence-corrected chi connectivity index (χ4v) is 5.81. The van der Waals surface area contributed by atoms with Crippen LogP contribution in [-0.4, -0.2) is 57.9 Å². The second-order valence-electron chi connectivity index (χ2n) is 9.11. The van der Waals surface area contributed by atoms with Crippen molar-refractivity contribution >= 4 is 26.4 Å². The molecule has 1 saturated heterocycles. The molecule has 3 N–H and O–H groups in total. The third-order valence-corrected chi connectivity index (χ3v) is 8.18. The Balaban J connectivity index is 1.67. The lowest BCUT2D eigenvalue weighted by molar-refractivity contribution is 0.276. The molecule has 0 radical (unpaired) electrons. The minimum Gasteiger partial charge on any atom is -0.390 e. The van der Waals surface area contributed by atoms with Crippen molar-refractivity contribution in [1.82, 2.24) is 19.7 Å². The van der Waals surface area contributed by atoms with Gasteiger partial charge in [0.25, 0.3) is 0 Å². The molecule has 0 spiro atoms. The van der Waals surface area contributed by atoms with Gasteiger partial charge < -0.3 is 15.7 Å². The maximum Gasteiger partial charge on any atom is 0.154 e. The van der Waals surface area contributed by atoms with E-state index in [0.29, 0.717) is 24.6 Å². The number of aliphatic hydroxyl groups excluding tert-OH is 1. The predicted octanol–water partition coefficient (Wildman–Crippen LogP) is 3.01. The molecule has 0 amide bonds. The van der Waals surface area contributed by atoms with E-state index in [4.69, 9.17) is 10.7 Å². The topological polar surface area (TPSA) is 127 Å². The first-order chi connectivity index (χ1) is 17.4. The third kappa shape index (κ3) is 4.84. The summed E-state index contributed by atoms with van der Waals surface area (Å²) in [5.74, 6) is 0.826. The van der Waals surface area contributed by atoms with E-state index < -0.39 is 9.84 Å². The Labute approximate surface area is 210 Å². The molecule has 3 aromatic heterocycles. The zero-order valence-corrected chi connectivity index (χ0v) is 21.0. The lowest BCUT2D eigenvalue weighted by Gasteiger charge is -2.29. The van der Waals surface area contributed by atoms with Gasteiger partial charge in [0.15, 0.2) is 15.7 Å². The van der Waals surface area contributed by atoms with Crippen molar-refractivity contribution in [3.8, 4) is 17.1 Å². The van der Waals surface area contributed by atoms with E-state index in [1.54, 1.807) is 16.9 Å². The SMILES string of the molecule is CCC[C@H](N)c1cccc(-c2cc(N3CCS(=O)(=O)CC3)c3cnn(-c4cccc(CO)n4)c3c2)n1. The Bertz CT molecular complexity index is 1490. The van der Waals surface area contributed by atoms with Gasteiger partial charge in [0, 0.05) is 35.8 Å². The van der Waals surface area contributed by atoms with Crippen LogP contribution in [-0.2, 0) is 16.4 Å². The number of hydrogen-bond acceptors (Lipinski definition) is 8. The Morgan fingerprint density at radius 1 is 1.08 bits per heavy atom. The summed E-state index contributed by atoms with van der Waals surface area (Å²) in [4.78, 5) is 11.5. The summed E-state index contributed by atoms with van der Waals surface area (Å²) in [7, 11) is -3.03. The summed E-state index contributed by atoms with van der Waals surface area (Å²) >= 11 is 0. The van der Waals surface area contributed by atoms with E-state index in [1.807, 2.05) is 36.4 Å². The number of hydrogen-bond donors (Lipinski definition) is 2. The molecule has 188 valence electrons. The minimum absolute atomic E-state index is 0.118. The summed E-state index contributed by atoms with van der Waals surface area (Å²) in [5.41, 5.74) is 11.1. The maximum absolute atomic E-state index is 12.1. The van der Waals surface area contributed by atoms with Gasteiger partial charge >= 0.3 is 0 Å². The van der Waals surface area contributed by atoms with Crippen molar-refractivity contribution in [2.24, 2.45) is 5.73 Å². The summed E-state index contributed by atoms with van der Waals surface area (Å²) in [5, 5.41) is 15.1. The number of nitrogens with zero attached hydrogens (tertiary/aromatic N) is 5. The maximum atomic E-state index is 12.1. The number of benzene rings is 1. The van der Waals surface area contributed by atoms with Crippen molar-refractivity contribution in [2.75, 3.05) is 29.5 Å². The molecule has 1 atom stereocenters. The molecule has 1 aliphatic rings. The molecule has 4 aromatic rings. The summed E-state index contributed by atoms with van der Waals surface area (Å²) in [6.45, 7) is 2.77. The highest BCUT2D eigenvalue weighted by Gasteiger charge is 2.25. The van der Waals surface area contributed by atoms with Gasteiger partial charge in [-0.25, -0.2) is 18.1 Å². The van der Waals surface area contributed by atoms with Crippen molar-refractivity contribution in [1.29, 1.82) is 0 Å². The van der Waals surface area contributed by atoms with Crippen molar-refractivity contribution in [2.45, 2.75) is 32.4 Å². The van der Waals surface area contributed by atoms with Crippen LogP contribution in [0.5, 0.6) is 0 Å². The molecule has 1 aromatic carbocycles. The van der Waals surface area contributed by atoms with E-state index >= 15 is 0 Å². The first-order valence-electron chi connectivity index (χ1n) is 12.2. The molecule has 0 aliphatic carbocycles. The van der Waals surface area contributed by atoms with Crippen LogP contribution in [0.4, 0.5) is 5.69 Å². The van der Waals surface area contributed by atoms with Crippen molar-refractivity contribution in [3.05, 3.63) is 66.1 Å². The minimum atomic E-state index is -3.03. The van der Waals surface area contributed by atoms with Crippen LogP contribution >= 0.6 is 0 Å². The van der Waals surface area contributed by atoms with Gasteiger partial charge in [0.1, 0.15) is 0 Å². The van der Waals surface area contributed by atoms with Crippen LogP contribution in [0.15, 0.2) is 54.7 Å². The molecule has 0 unspecified atom stereocenters. The molecule has 4 heterocycles. The largest absolute Gasteiger partial charge is 0.390 e. The van der Waals surface area contributed by atoms with E-state index in [1.165, 1.54) is 0 Å². The smallest absolute Gasteiger partial charge is 0.154 e. The normalized spacial score (nSPS) is 16.4. The number of rotatable bonds is 7. The van der Waals surface area contributed by atoms with Gasteiger partial charge in [-0.3, -0.25) is 4.98 Å². The molecule has 9 nitrogen and oxygen atoms in total. The molecule has 0 bridgehead atoms. The van der Waals surface area contributed by atoms with Crippen molar-refractivity contribution in [3.63, 3.8) is 0 Å². The number of fused-ring (bicyclic) bond motifs is 1. The van der Waals surface area contributed by atoms with Crippen molar-refractivity contribution < 1.29 is 13.5 Å². The lowest BCUT2D eigenvalue weighted by Crippen LogP contribution is -2.40. The van der Waals surface area contributed by atoms with E-state index in [9.17, 15) is 13.5 Å². The molecular formula is C26H30N6O3S. The molecule has 0 saturated carbocycles. The number of sulfone groups is 1. The van der Waals surface area contributed by atoms with Gasteiger partial charge in [-0.1, -0.05) is 25.5 Å². The Kier molecular flexibility index (Phi) is 6.74. The predicted molar refractivity (Wildman–Crippen MR) is 141 cm³/mol. The zero-order valence-electron chi connectivity index (χ0n) is 20.2. The third-order valence-electron chi connectivity index (χ3n) is 6.57. The number of pyridine rings is 2. The number of aliphatic hydroxyl groups is 1. The van der Waals surface area contributed by atoms with Crippen LogP contribution in [0, 0.1) is 0 Å². The Hall–Kier alpha value is -3.34. The van der Waals surface area contributed by atoms with Gasteiger partial charge in [0.2, 0.25) is 0 Å². The quantitative estimate of drug-likeness (QED) is 0.392. The molecular weight excluding hydrogens is 476 g/mol. The average Bonchev–Trinajstić information content (AvgIpc) is 3.33. The Morgan fingerprint density at radius 3 is 2.61 bits per heavy atom. The van der Waals surface area contributed by atoms with Crippen LogP contribution in [0.2, 0.25) is 0 Å². The zero-order chi connectivity index (χ0) is 25.3. The van der Waals surface area contributed by atoms with Crippen LogP contribution in [0.25, 0.3) is 28.0 Å². The highest BCUT2D eigenvalue weighted by Crippen LogP contribution is 2.35. The highest BCUT2D eigenvalue weighted by molar-refractivity contribution is 7.91. The highest BCUT2D eigenvalue weighted by atomic mass is 32.2. The number of aromatic nitrogens is 4. The molecule has 5 rings (SSSR count). The Morgan fingerprint density at radius 2 is 1.86 bits per heavy atom. The molecule has 1 fully saturated rings. The monoisotopic (exact) mass is 506 g/mol. The molecule has 1 aliphatic heterocycles. The van der Waals surface area contributed by atoms with Crippen LogP contribution in [0.3, 0.4) is 0 Å². The summed E-state index contributed by atoms with van der Waals surface area (Å²) < 4.78 is 25.9. The van der Waals surface area contributed by atoms with Gasteiger partial charge in [-0.05, 0) is 42.8 Å². The lowest BCUT2D eigenvalue weighted by atomic mass is 10.0. The van der Waals surface area contributed by atoms with E-state index in [2.05, 4.69) is 28.0 Å². The molecule has 10 heteroatoms. The fraction of sp³-hybridized carbons (Fsp3) is 0.346. The standard InChI is InChI=1S/C26H30N6O3S/c1-2-5-21(27)23-8-4-7-22(30-23)18-14-24(31-10-12-36(34,35)13-11-31)20-16-28-32(25(20)15-18)26-9-3-6-19(17-33)29-26/h3-4,6-9,14-16,21,33H,2,5,10-13,17,27H2,1H3/t21-/m0/s1. The van der Waals surface area contributed by atoms with Gasteiger partial charge in [-0.2, -0.15) is 5.10 Å². The number of nitrogens with two attached hydrogens (primary N) is 1. The summed E-state index contributed by atoms with van der Waals surface area (Å²) in [6.07, 6.45) is 3.61.